The van der Waals surface area contributed by atoms with Crippen molar-refractivity contribution in [3.63, 3.8) is 0 Å². The van der Waals surface area contributed by atoms with Gasteiger partial charge < -0.3 is 16.5 Å². The molecule has 0 saturated heterocycles. The number of aromatic amines is 1. The van der Waals surface area contributed by atoms with Gasteiger partial charge in [-0.3, -0.25) is 14.6 Å². The molecule has 1 atom stereocenters. The molecule has 1 aliphatic rings. The Morgan fingerprint density at radius 1 is 1.32 bits per heavy atom. The topological polar surface area (TPSA) is 115 Å². The molecule has 6 nitrogen and oxygen atoms in total. The Morgan fingerprint density at radius 2 is 2.04 bits per heavy atom. The van der Waals surface area contributed by atoms with Gasteiger partial charge in [0.25, 0.3) is 5.91 Å². The van der Waals surface area contributed by atoms with Gasteiger partial charge in [-0.05, 0) is 48.6 Å². The van der Waals surface area contributed by atoms with Crippen LogP contribution in [0.25, 0.3) is 11.0 Å². The summed E-state index contributed by atoms with van der Waals surface area (Å²) >= 11 is 0. The number of fused-ring (bicyclic) bond motifs is 2. The third kappa shape index (κ3) is 3.38. The number of hydrogen-bond acceptors (Lipinski definition) is 3. The second-order valence-corrected chi connectivity index (χ2v) is 8.11. The van der Waals surface area contributed by atoms with Crippen molar-refractivity contribution in [2.45, 2.75) is 52.9 Å². The Kier molecular flexibility index (Phi) is 4.31. The average Bonchev–Trinajstić information content (AvgIpc) is 2.87. The molecule has 2 amide bonds. The number of aryl methyl sites for hydroxylation is 2. The van der Waals surface area contributed by atoms with E-state index in [1.54, 1.807) is 0 Å². The van der Waals surface area contributed by atoms with Crippen LogP contribution in [0, 0.1) is 11.3 Å². The number of pyridine rings is 1. The van der Waals surface area contributed by atoms with Crippen molar-refractivity contribution < 1.29 is 9.59 Å². The second-order valence-electron chi connectivity index (χ2n) is 8.11. The molecular formula is C19H26N4O2. The lowest BCUT2D eigenvalue weighted by atomic mass is 9.71. The first-order valence-electron chi connectivity index (χ1n) is 8.78. The van der Waals surface area contributed by atoms with Gasteiger partial charge in [0.1, 0.15) is 5.69 Å². The van der Waals surface area contributed by atoms with Gasteiger partial charge in [0, 0.05) is 17.7 Å². The lowest BCUT2D eigenvalue weighted by molar-refractivity contribution is -0.117. The summed E-state index contributed by atoms with van der Waals surface area (Å²) in [5.74, 6) is -0.335. The summed E-state index contributed by atoms with van der Waals surface area (Å²) in [5.41, 5.74) is 15.9. The molecule has 1 unspecified atom stereocenters. The van der Waals surface area contributed by atoms with Gasteiger partial charge >= 0.3 is 0 Å². The zero-order valence-corrected chi connectivity index (χ0v) is 15.1. The fourth-order valence-electron chi connectivity index (χ4n) is 3.76. The number of hydrogen-bond donors (Lipinski definition) is 3. The molecular weight excluding hydrogens is 316 g/mol. The van der Waals surface area contributed by atoms with E-state index in [9.17, 15) is 9.59 Å². The number of nitrogens with one attached hydrogen (secondary N) is 1. The van der Waals surface area contributed by atoms with Gasteiger partial charge in [0.2, 0.25) is 5.91 Å². The van der Waals surface area contributed by atoms with E-state index in [1.165, 1.54) is 5.56 Å². The smallest absolute Gasteiger partial charge is 0.265 e. The van der Waals surface area contributed by atoms with Crippen LogP contribution in [-0.4, -0.2) is 21.8 Å². The van der Waals surface area contributed by atoms with Crippen LogP contribution in [0.4, 0.5) is 0 Å². The number of primary amides is 2. The normalized spacial score (nSPS) is 17.5. The van der Waals surface area contributed by atoms with E-state index >= 15 is 0 Å². The quantitative estimate of drug-likeness (QED) is 0.791. The van der Waals surface area contributed by atoms with Crippen molar-refractivity contribution in [1.82, 2.24) is 9.97 Å². The maximum atomic E-state index is 11.8. The van der Waals surface area contributed by atoms with Crippen molar-refractivity contribution in [2.75, 3.05) is 0 Å². The Balaban J connectivity index is 2.05. The molecule has 0 aromatic carbocycles. The molecule has 0 aliphatic heterocycles. The molecule has 6 heteroatoms. The van der Waals surface area contributed by atoms with Crippen molar-refractivity contribution in [1.29, 1.82) is 0 Å². The largest absolute Gasteiger partial charge is 0.370 e. The molecule has 0 saturated carbocycles. The van der Waals surface area contributed by atoms with E-state index in [1.807, 2.05) is 0 Å². The van der Waals surface area contributed by atoms with E-state index < -0.39 is 11.8 Å². The van der Waals surface area contributed by atoms with E-state index in [4.69, 9.17) is 16.5 Å². The molecule has 0 radical (unpaired) electrons. The number of nitrogens with two attached hydrogens (primary N) is 2. The summed E-state index contributed by atoms with van der Waals surface area (Å²) in [5, 5.41) is 0. The van der Waals surface area contributed by atoms with Crippen LogP contribution in [0.3, 0.4) is 0 Å². The highest BCUT2D eigenvalue weighted by atomic mass is 16.1. The average molecular weight is 342 g/mol. The van der Waals surface area contributed by atoms with Crippen molar-refractivity contribution in [3.05, 3.63) is 28.6 Å². The highest BCUT2D eigenvalue weighted by Crippen LogP contribution is 2.38. The highest BCUT2D eigenvalue weighted by Gasteiger charge is 2.30. The zero-order valence-electron chi connectivity index (χ0n) is 15.1. The van der Waals surface area contributed by atoms with E-state index in [0.29, 0.717) is 23.6 Å². The number of carbonyl (C=O) groups is 2. The number of aromatic nitrogens is 2. The van der Waals surface area contributed by atoms with E-state index in [2.05, 4.69) is 31.8 Å². The van der Waals surface area contributed by atoms with Crippen LogP contribution in [0.1, 0.15) is 60.9 Å². The van der Waals surface area contributed by atoms with Crippen LogP contribution in [0.15, 0.2) is 6.07 Å². The number of rotatable bonds is 4. The number of amides is 2. The van der Waals surface area contributed by atoms with Crippen molar-refractivity contribution in [2.24, 2.45) is 22.8 Å². The predicted octanol–water partition coefficient (Wildman–Crippen LogP) is 2.23. The van der Waals surface area contributed by atoms with E-state index in [0.717, 1.165) is 36.0 Å². The molecule has 2 heterocycles. The summed E-state index contributed by atoms with van der Waals surface area (Å²) in [6, 6.07) is 2.09. The van der Waals surface area contributed by atoms with Crippen LogP contribution in [0.2, 0.25) is 0 Å². The lowest BCUT2D eigenvalue weighted by Gasteiger charge is -2.34. The third-order valence-corrected chi connectivity index (χ3v) is 5.33. The third-order valence-electron chi connectivity index (χ3n) is 5.33. The summed E-state index contributed by atoms with van der Waals surface area (Å²) in [6.07, 6.45) is 3.56. The van der Waals surface area contributed by atoms with Crippen LogP contribution >= 0.6 is 0 Å². The highest BCUT2D eigenvalue weighted by molar-refractivity contribution is 5.99. The maximum Gasteiger partial charge on any atom is 0.265 e. The predicted molar refractivity (Wildman–Crippen MR) is 97.1 cm³/mol. The minimum absolute atomic E-state index is 0.165. The molecule has 5 N–H and O–H groups in total. The molecule has 0 spiro atoms. The molecule has 25 heavy (non-hydrogen) atoms. The lowest BCUT2D eigenvalue weighted by Crippen LogP contribution is -2.27. The standard InChI is InChI=1S/C19H26N4O2/c1-19(2,3)11-4-6-13-10(8-11)9-14-16(22-13)12(5-7-15(20)24)17(23-14)18(21)25/h9,11,23H,4-8H2,1-3H3,(H2,20,24)(H2,21,25). The Hall–Kier alpha value is -2.37. The summed E-state index contributed by atoms with van der Waals surface area (Å²) < 4.78 is 0. The first-order chi connectivity index (χ1) is 11.7. The molecule has 3 rings (SSSR count). The maximum absolute atomic E-state index is 11.8. The minimum Gasteiger partial charge on any atom is -0.370 e. The zero-order chi connectivity index (χ0) is 18.4. The fraction of sp³-hybridized carbons (Fsp3) is 0.526. The Labute approximate surface area is 147 Å². The van der Waals surface area contributed by atoms with Gasteiger partial charge in [-0.25, -0.2) is 0 Å². The number of H-pyrrole nitrogens is 1. The van der Waals surface area contributed by atoms with Crippen LogP contribution in [0.5, 0.6) is 0 Å². The monoisotopic (exact) mass is 342 g/mol. The van der Waals surface area contributed by atoms with Gasteiger partial charge in [0.15, 0.2) is 0 Å². The molecule has 134 valence electrons. The van der Waals surface area contributed by atoms with Crippen molar-refractivity contribution in [3.8, 4) is 0 Å². The molecule has 1 aliphatic carbocycles. The van der Waals surface area contributed by atoms with Crippen LogP contribution in [-0.2, 0) is 24.1 Å². The minimum atomic E-state index is -0.539. The molecule has 2 aromatic rings. The van der Waals surface area contributed by atoms with Crippen molar-refractivity contribution >= 4 is 22.8 Å². The molecule has 2 aromatic heterocycles. The summed E-state index contributed by atoms with van der Waals surface area (Å²) in [4.78, 5) is 30.9. The molecule has 0 fully saturated rings. The number of carbonyl (C=O) groups excluding carboxylic acids is 2. The van der Waals surface area contributed by atoms with Gasteiger partial charge in [-0.2, -0.15) is 0 Å². The van der Waals surface area contributed by atoms with Gasteiger partial charge in [-0.1, -0.05) is 20.8 Å². The summed E-state index contributed by atoms with van der Waals surface area (Å²) in [6.45, 7) is 6.82. The van der Waals surface area contributed by atoms with Gasteiger partial charge in [0.05, 0.1) is 11.0 Å². The second kappa shape index (κ2) is 6.17. The van der Waals surface area contributed by atoms with Crippen LogP contribution < -0.4 is 11.5 Å². The fourth-order valence-corrected chi connectivity index (χ4v) is 3.76. The Morgan fingerprint density at radius 3 is 2.64 bits per heavy atom. The Bertz CT molecular complexity index is 845. The summed E-state index contributed by atoms with van der Waals surface area (Å²) in [7, 11) is 0. The molecule has 0 bridgehead atoms. The first-order valence-corrected chi connectivity index (χ1v) is 8.78. The van der Waals surface area contributed by atoms with E-state index in [-0.39, 0.29) is 11.8 Å². The first kappa shape index (κ1) is 17.5. The SMILES string of the molecule is CC(C)(C)C1CCc2nc3c(CCC(N)=O)c(C(N)=O)[nH]c3cc2C1. The van der Waals surface area contributed by atoms with Gasteiger partial charge in [-0.15, -0.1) is 0 Å². The number of nitrogens with zero attached hydrogens (tertiary/aromatic N) is 1.